The van der Waals surface area contributed by atoms with E-state index in [-0.39, 0.29) is 24.9 Å². The van der Waals surface area contributed by atoms with E-state index in [1.54, 1.807) is 23.1 Å². The number of hydrogen-bond donors (Lipinski definition) is 2. The van der Waals surface area contributed by atoms with E-state index in [9.17, 15) is 9.59 Å². The number of rotatable bonds is 1. The third kappa shape index (κ3) is 2.09. The van der Waals surface area contributed by atoms with Crippen molar-refractivity contribution < 1.29 is 9.59 Å². The van der Waals surface area contributed by atoms with Gasteiger partial charge in [0.1, 0.15) is 0 Å². The van der Waals surface area contributed by atoms with Crippen LogP contribution in [0.1, 0.15) is 0 Å². The molecule has 1 fully saturated rings. The molecule has 1 aromatic carbocycles. The van der Waals surface area contributed by atoms with E-state index in [1.807, 2.05) is 0 Å². The van der Waals surface area contributed by atoms with Crippen LogP contribution in [0.3, 0.4) is 0 Å². The van der Waals surface area contributed by atoms with Gasteiger partial charge < -0.3 is 10.6 Å². The number of carbonyl (C=O) groups excluding carboxylic acids is 2. The molecule has 1 aromatic rings. The Bertz CT molecular complexity index is 445. The average molecular weight is 240 g/mol. The number of piperazine rings is 1. The van der Waals surface area contributed by atoms with E-state index in [0.29, 0.717) is 16.4 Å². The lowest BCUT2D eigenvalue weighted by molar-refractivity contribution is -0.130. The van der Waals surface area contributed by atoms with E-state index in [0.717, 1.165) is 0 Å². The molecule has 0 saturated carbocycles. The van der Waals surface area contributed by atoms with Gasteiger partial charge in [0.2, 0.25) is 11.8 Å². The molecular weight excluding hydrogens is 230 g/mol. The van der Waals surface area contributed by atoms with Crippen molar-refractivity contribution in [1.82, 2.24) is 5.32 Å². The predicted octanol–water partition coefficient (Wildman–Crippen LogP) is 0.385. The summed E-state index contributed by atoms with van der Waals surface area (Å²) in [7, 11) is 0. The van der Waals surface area contributed by atoms with Crippen molar-refractivity contribution in [1.29, 1.82) is 0 Å². The second-order valence-electron chi connectivity index (χ2n) is 3.53. The van der Waals surface area contributed by atoms with Crippen molar-refractivity contribution in [2.45, 2.75) is 0 Å². The van der Waals surface area contributed by atoms with Crippen LogP contribution >= 0.6 is 11.6 Å². The summed E-state index contributed by atoms with van der Waals surface area (Å²) in [6, 6.07) is 4.95. The van der Waals surface area contributed by atoms with Crippen LogP contribution in [0.4, 0.5) is 11.4 Å². The minimum atomic E-state index is -0.337. The van der Waals surface area contributed by atoms with Crippen LogP contribution in [0.25, 0.3) is 0 Å². The molecule has 84 valence electrons. The number of carbonyl (C=O) groups is 2. The number of nitrogens with one attached hydrogen (secondary N) is 1. The standard InChI is InChI=1S/C10H10ClN3O2/c11-6-1-2-7(12)8(3-6)14-4-9(15)13-10(16)5-14/h1-3H,4-5,12H2,(H,13,15,16). The second kappa shape index (κ2) is 4.02. The normalized spacial score (nSPS) is 16.2. The Labute approximate surface area is 97.2 Å². The first-order valence-electron chi connectivity index (χ1n) is 4.69. The van der Waals surface area contributed by atoms with Crippen LogP contribution in [0.5, 0.6) is 0 Å². The average Bonchev–Trinajstić information content (AvgIpc) is 2.20. The maximum absolute atomic E-state index is 11.2. The summed E-state index contributed by atoms with van der Waals surface area (Å²) in [4.78, 5) is 24.0. The first-order valence-corrected chi connectivity index (χ1v) is 5.07. The molecule has 0 bridgehead atoms. The number of halogens is 1. The fraction of sp³-hybridized carbons (Fsp3) is 0.200. The van der Waals surface area contributed by atoms with Crippen molar-refractivity contribution >= 4 is 34.8 Å². The minimum absolute atomic E-state index is 0.107. The van der Waals surface area contributed by atoms with Gasteiger partial charge in [-0.05, 0) is 18.2 Å². The highest BCUT2D eigenvalue weighted by atomic mass is 35.5. The number of nitrogen functional groups attached to an aromatic ring is 1. The predicted molar refractivity (Wildman–Crippen MR) is 61.2 cm³/mol. The Morgan fingerprint density at radius 3 is 2.50 bits per heavy atom. The highest BCUT2D eigenvalue weighted by molar-refractivity contribution is 6.31. The van der Waals surface area contributed by atoms with Gasteiger partial charge in [-0.15, -0.1) is 0 Å². The maximum Gasteiger partial charge on any atom is 0.246 e. The number of imide groups is 1. The Balaban J connectivity index is 2.32. The molecule has 0 aliphatic carbocycles. The lowest BCUT2D eigenvalue weighted by Crippen LogP contribution is -2.51. The topological polar surface area (TPSA) is 75.4 Å². The first-order chi connectivity index (χ1) is 7.56. The summed E-state index contributed by atoms with van der Waals surface area (Å²) in [5.41, 5.74) is 6.87. The van der Waals surface area contributed by atoms with E-state index < -0.39 is 0 Å². The minimum Gasteiger partial charge on any atom is -0.397 e. The zero-order valence-corrected chi connectivity index (χ0v) is 9.12. The number of benzene rings is 1. The molecule has 0 unspecified atom stereocenters. The van der Waals surface area contributed by atoms with Crippen LogP contribution < -0.4 is 16.0 Å². The maximum atomic E-state index is 11.2. The van der Waals surface area contributed by atoms with Crippen molar-refractivity contribution in [2.75, 3.05) is 23.7 Å². The van der Waals surface area contributed by atoms with Crippen LogP contribution in [0, 0.1) is 0 Å². The van der Waals surface area contributed by atoms with Gasteiger partial charge in [-0.3, -0.25) is 14.9 Å². The van der Waals surface area contributed by atoms with Gasteiger partial charge in [0, 0.05) is 5.02 Å². The van der Waals surface area contributed by atoms with Crippen LogP contribution in [0.2, 0.25) is 5.02 Å². The molecule has 5 nitrogen and oxygen atoms in total. The van der Waals surface area contributed by atoms with Gasteiger partial charge in [0.25, 0.3) is 0 Å². The van der Waals surface area contributed by atoms with Gasteiger partial charge in [-0.2, -0.15) is 0 Å². The molecule has 0 atom stereocenters. The third-order valence-electron chi connectivity index (χ3n) is 2.28. The van der Waals surface area contributed by atoms with Crippen molar-refractivity contribution in [3.63, 3.8) is 0 Å². The molecule has 1 aliphatic rings. The van der Waals surface area contributed by atoms with Gasteiger partial charge in [0.15, 0.2) is 0 Å². The summed E-state index contributed by atoms with van der Waals surface area (Å²) in [5, 5.41) is 2.74. The highest BCUT2D eigenvalue weighted by Gasteiger charge is 2.23. The van der Waals surface area contributed by atoms with E-state index in [1.165, 1.54) is 0 Å². The molecule has 0 spiro atoms. The summed E-state index contributed by atoms with van der Waals surface area (Å²) in [5.74, 6) is -0.675. The number of hydrogen-bond acceptors (Lipinski definition) is 4. The zero-order chi connectivity index (χ0) is 11.7. The fourth-order valence-electron chi connectivity index (χ4n) is 1.60. The summed E-state index contributed by atoms with van der Waals surface area (Å²) in [6.07, 6.45) is 0. The largest absolute Gasteiger partial charge is 0.397 e. The van der Waals surface area contributed by atoms with E-state index in [2.05, 4.69) is 5.32 Å². The summed E-state index contributed by atoms with van der Waals surface area (Å²) in [6.45, 7) is 0.215. The summed E-state index contributed by atoms with van der Waals surface area (Å²) >= 11 is 5.84. The van der Waals surface area contributed by atoms with E-state index >= 15 is 0 Å². The van der Waals surface area contributed by atoms with Crippen LogP contribution in [-0.2, 0) is 9.59 Å². The van der Waals surface area contributed by atoms with Crippen LogP contribution in [-0.4, -0.2) is 24.9 Å². The molecule has 1 saturated heterocycles. The highest BCUT2D eigenvalue weighted by Crippen LogP contribution is 2.27. The van der Waals surface area contributed by atoms with Gasteiger partial charge in [0.05, 0.1) is 24.5 Å². The Hall–Kier alpha value is -1.75. The van der Waals surface area contributed by atoms with Crippen molar-refractivity contribution in [3.05, 3.63) is 23.2 Å². The fourth-order valence-corrected chi connectivity index (χ4v) is 1.76. The van der Waals surface area contributed by atoms with Crippen molar-refractivity contribution in [3.8, 4) is 0 Å². The molecule has 6 heteroatoms. The van der Waals surface area contributed by atoms with Crippen molar-refractivity contribution in [2.24, 2.45) is 0 Å². The van der Waals surface area contributed by atoms with Gasteiger partial charge in [-0.1, -0.05) is 11.6 Å². The Kier molecular flexibility index (Phi) is 2.70. The molecule has 2 rings (SSSR count). The smallest absolute Gasteiger partial charge is 0.246 e. The Morgan fingerprint density at radius 2 is 1.88 bits per heavy atom. The number of nitrogens with two attached hydrogens (primary N) is 1. The molecule has 2 amide bonds. The molecule has 0 radical (unpaired) electrons. The molecule has 1 aliphatic heterocycles. The number of amides is 2. The third-order valence-corrected chi connectivity index (χ3v) is 2.52. The molecule has 3 N–H and O–H groups in total. The quantitative estimate of drug-likeness (QED) is 0.549. The Morgan fingerprint density at radius 1 is 1.25 bits per heavy atom. The lowest BCUT2D eigenvalue weighted by atomic mass is 10.2. The first kappa shape index (κ1) is 10.8. The van der Waals surface area contributed by atoms with E-state index in [4.69, 9.17) is 17.3 Å². The second-order valence-corrected chi connectivity index (χ2v) is 3.97. The SMILES string of the molecule is Nc1ccc(Cl)cc1N1CC(=O)NC(=O)C1. The molecule has 0 aromatic heterocycles. The lowest BCUT2D eigenvalue weighted by Gasteiger charge is -2.28. The number of nitrogens with zero attached hydrogens (tertiary/aromatic N) is 1. The molecular formula is C10H10ClN3O2. The zero-order valence-electron chi connectivity index (χ0n) is 8.37. The van der Waals surface area contributed by atoms with Gasteiger partial charge >= 0.3 is 0 Å². The summed E-state index contributed by atoms with van der Waals surface area (Å²) < 4.78 is 0. The molecule has 1 heterocycles. The van der Waals surface area contributed by atoms with Gasteiger partial charge in [-0.25, -0.2) is 0 Å². The van der Waals surface area contributed by atoms with Crippen LogP contribution in [0.15, 0.2) is 18.2 Å². The number of anilines is 2. The molecule has 16 heavy (non-hydrogen) atoms. The monoisotopic (exact) mass is 239 g/mol.